The van der Waals surface area contributed by atoms with Gasteiger partial charge in [0.1, 0.15) is 11.6 Å². The molecule has 0 unspecified atom stereocenters. The van der Waals surface area contributed by atoms with Crippen LogP contribution in [0, 0.1) is 11.7 Å². The van der Waals surface area contributed by atoms with Crippen LogP contribution in [0.5, 0.6) is 0 Å². The predicted molar refractivity (Wildman–Crippen MR) is 108 cm³/mol. The van der Waals surface area contributed by atoms with Crippen molar-refractivity contribution in [3.8, 4) is 0 Å². The number of nitrogens with one attached hydrogen (secondary N) is 1. The second-order valence-electron chi connectivity index (χ2n) is 8.08. The molecule has 1 amide bonds. The molecule has 1 N–H and O–H groups in total. The van der Waals surface area contributed by atoms with Crippen LogP contribution in [0.1, 0.15) is 36.8 Å². The molecular weight excluding hydrogens is 395 g/mol. The van der Waals surface area contributed by atoms with Gasteiger partial charge in [0.15, 0.2) is 0 Å². The Kier molecular flexibility index (Phi) is 4.67. The van der Waals surface area contributed by atoms with E-state index in [1.165, 1.54) is 12.1 Å². The largest absolute Gasteiger partial charge is 0.381 e. The number of aromatic nitrogens is 2. The Morgan fingerprint density at radius 3 is 2.86 bits per heavy atom. The lowest BCUT2D eigenvalue weighted by Crippen LogP contribution is -2.32. The molecule has 5 rings (SSSR count). The van der Waals surface area contributed by atoms with Crippen molar-refractivity contribution < 1.29 is 13.9 Å². The van der Waals surface area contributed by atoms with Crippen molar-refractivity contribution in [2.24, 2.45) is 5.92 Å². The number of fused-ring (bicyclic) bond motifs is 2. The van der Waals surface area contributed by atoms with Crippen LogP contribution in [0.4, 0.5) is 15.9 Å². The third-order valence-electron chi connectivity index (χ3n) is 6.23. The number of anilines is 2. The van der Waals surface area contributed by atoms with E-state index >= 15 is 0 Å². The average Bonchev–Trinajstić information content (AvgIpc) is 3.50. The van der Waals surface area contributed by atoms with E-state index in [0.717, 1.165) is 56.6 Å². The predicted octanol–water partition coefficient (Wildman–Crippen LogP) is 3.69. The third-order valence-corrected chi connectivity index (χ3v) is 6.42. The van der Waals surface area contributed by atoms with E-state index in [1.807, 2.05) is 0 Å². The van der Waals surface area contributed by atoms with Crippen LogP contribution in [0.15, 0.2) is 24.4 Å². The Morgan fingerprint density at radius 2 is 2.10 bits per heavy atom. The fraction of sp³-hybridized carbons (Fsp3) is 0.476. The summed E-state index contributed by atoms with van der Waals surface area (Å²) in [7, 11) is 0. The lowest BCUT2D eigenvalue weighted by molar-refractivity contribution is -0.120. The van der Waals surface area contributed by atoms with Gasteiger partial charge in [0.05, 0.1) is 17.6 Å². The van der Waals surface area contributed by atoms with Gasteiger partial charge in [0.25, 0.3) is 0 Å². The quantitative estimate of drug-likeness (QED) is 0.753. The number of rotatable bonds is 5. The fourth-order valence-corrected chi connectivity index (χ4v) is 4.53. The number of amides is 1. The highest BCUT2D eigenvalue weighted by molar-refractivity contribution is 6.28. The van der Waals surface area contributed by atoms with Crippen LogP contribution in [-0.4, -0.2) is 35.6 Å². The number of carbonyl (C=O) groups excluding carboxylic acids is 1. The van der Waals surface area contributed by atoms with Crippen LogP contribution in [0.3, 0.4) is 0 Å². The summed E-state index contributed by atoms with van der Waals surface area (Å²) in [5.41, 5.74) is 1.88. The SMILES string of the molecule is O=C1N(Cc2cnc(Cl)nc2NCC2CCOCC2)c2cc(F)ccc2C12CC2. The number of hydrogen-bond acceptors (Lipinski definition) is 5. The smallest absolute Gasteiger partial charge is 0.238 e. The van der Waals surface area contributed by atoms with E-state index in [4.69, 9.17) is 16.3 Å². The van der Waals surface area contributed by atoms with E-state index in [1.54, 1.807) is 17.2 Å². The molecule has 0 radical (unpaired) electrons. The van der Waals surface area contributed by atoms with Crippen LogP contribution >= 0.6 is 11.6 Å². The number of carbonyl (C=O) groups is 1. The highest BCUT2D eigenvalue weighted by Crippen LogP contribution is 2.57. The van der Waals surface area contributed by atoms with Crippen molar-refractivity contribution in [3.63, 3.8) is 0 Å². The molecule has 6 nitrogen and oxygen atoms in total. The average molecular weight is 417 g/mol. The molecule has 152 valence electrons. The first kappa shape index (κ1) is 18.8. The third kappa shape index (κ3) is 3.36. The summed E-state index contributed by atoms with van der Waals surface area (Å²) < 4.78 is 19.3. The zero-order valence-electron chi connectivity index (χ0n) is 16.0. The van der Waals surface area contributed by atoms with Gasteiger partial charge < -0.3 is 15.0 Å². The second kappa shape index (κ2) is 7.22. The minimum atomic E-state index is -0.466. The number of ether oxygens (including phenoxy) is 1. The second-order valence-corrected chi connectivity index (χ2v) is 8.42. The van der Waals surface area contributed by atoms with E-state index < -0.39 is 5.41 Å². The van der Waals surface area contributed by atoms with Crippen LogP contribution in [0.2, 0.25) is 5.28 Å². The van der Waals surface area contributed by atoms with Crippen molar-refractivity contribution in [3.05, 3.63) is 46.6 Å². The Bertz CT molecular complexity index is 960. The molecule has 2 fully saturated rings. The van der Waals surface area contributed by atoms with Gasteiger partial charge in [-0.3, -0.25) is 4.79 Å². The molecule has 29 heavy (non-hydrogen) atoms. The molecular formula is C21H22ClFN4O2. The lowest BCUT2D eigenvalue weighted by atomic mass is 9.98. The first-order valence-corrected chi connectivity index (χ1v) is 10.4. The van der Waals surface area contributed by atoms with Crippen molar-refractivity contribution >= 4 is 29.0 Å². The molecule has 8 heteroatoms. The standard InChI is InChI=1S/C21H22ClFN4O2/c22-20-25-11-14(18(26-20)24-10-13-3-7-29-8-4-13)12-27-17-9-15(23)1-2-16(17)21(5-6-21)19(27)28/h1-2,9,11,13H,3-8,10,12H2,(H,24,25,26). The van der Waals surface area contributed by atoms with Crippen molar-refractivity contribution in [2.75, 3.05) is 30.0 Å². The van der Waals surface area contributed by atoms with E-state index in [0.29, 0.717) is 17.4 Å². The summed E-state index contributed by atoms with van der Waals surface area (Å²) in [6.45, 7) is 2.59. The molecule has 1 aliphatic carbocycles. The summed E-state index contributed by atoms with van der Waals surface area (Å²) in [6.07, 6.45) is 5.27. The number of benzene rings is 1. The maximum Gasteiger partial charge on any atom is 0.238 e. The molecule has 0 bridgehead atoms. The van der Waals surface area contributed by atoms with Gasteiger partial charge in [-0.25, -0.2) is 14.4 Å². The molecule has 1 saturated heterocycles. The maximum atomic E-state index is 13.9. The summed E-state index contributed by atoms with van der Waals surface area (Å²) in [5, 5.41) is 3.53. The number of hydrogen-bond donors (Lipinski definition) is 1. The summed E-state index contributed by atoms with van der Waals surface area (Å²) in [6, 6.07) is 4.63. The normalized spacial score (nSPS) is 20.2. The molecule has 1 saturated carbocycles. The first-order valence-electron chi connectivity index (χ1n) is 10.0. The Morgan fingerprint density at radius 1 is 1.31 bits per heavy atom. The monoisotopic (exact) mass is 416 g/mol. The molecule has 2 aliphatic heterocycles. The summed E-state index contributed by atoms with van der Waals surface area (Å²) >= 11 is 6.03. The molecule has 1 spiro atoms. The fourth-order valence-electron chi connectivity index (χ4n) is 4.40. The number of halogens is 2. The minimum absolute atomic E-state index is 0.0310. The van der Waals surface area contributed by atoms with Gasteiger partial charge in [-0.2, -0.15) is 0 Å². The summed E-state index contributed by atoms with van der Waals surface area (Å²) in [5.74, 6) is 0.815. The van der Waals surface area contributed by atoms with Crippen molar-refractivity contribution in [1.82, 2.24) is 9.97 Å². The van der Waals surface area contributed by atoms with Gasteiger partial charge in [-0.15, -0.1) is 0 Å². The van der Waals surface area contributed by atoms with E-state index in [9.17, 15) is 9.18 Å². The van der Waals surface area contributed by atoms with Gasteiger partial charge in [-0.05, 0) is 60.9 Å². The zero-order valence-corrected chi connectivity index (χ0v) is 16.7. The maximum absolute atomic E-state index is 13.9. The van der Waals surface area contributed by atoms with Crippen molar-refractivity contribution in [1.29, 1.82) is 0 Å². The van der Waals surface area contributed by atoms with Crippen LogP contribution in [0.25, 0.3) is 0 Å². The highest BCUT2D eigenvalue weighted by Gasteiger charge is 2.59. The molecule has 2 aromatic rings. The molecule has 3 aliphatic rings. The Hall–Kier alpha value is -2.25. The van der Waals surface area contributed by atoms with Gasteiger partial charge in [0.2, 0.25) is 11.2 Å². The topological polar surface area (TPSA) is 67.4 Å². The van der Waals surface area contributed by atoms with Crippen LogP contribution in [-0.2, 0) is 21.5 Å². The van der Waals surface area contributed by atoms with E-state index in [-0.39, 0.29) is 23.6 Å². The molecule has 3 heterocycles. The van der Waals surface area contributed by atoms with Crippen molar-refractivity contribution in [2.45, 2.75) is 37.6 Å². The van der Waals surface area contributed by atoms with Gasteiger partial charge in [0, 0.05) is 31.5 Å². The Balaban J connectivity index is 1.40. The van der Waals surface area contributed by atoms with E-state index in [2.05, 4.69) is 15.3 Å². The Labute approximate surface area is 173 Å². The molecule has 0 atom stereocenters. The lowest BCUT2D eigenvalue weighted by Gasteiger charge is -2.24. The number of nitrogens with zero attached hydrogens (tertiary/aromatic N) is 3. The van der Waals surface area contributed by atoms with Gasteiger partial charge >= 0.3 is 0 Å². The van der Waals surface area contributed by atoms with Crippen LogP contribution < -0.4 is 10.2 Å². The van der Waals surface area contributed by atoms with Gasteiger partial charge in [-0.1, -0.05) is 6.07 Å². The summed E-state index contributed by atoms with van der Waals surface area (Å²) in [4.78, 5) is 23.3. The molecule has 1 aromatic heterocycles. The highest BCUT2D eigenvalue weighted by atomic mass is 35.5. The zero-order chi connectivity index (χ0) is 20.0. The first-order chi connectivity index (χ1) is 14.1. The molecule has 1 aromatic carbocycles. The minimum Gasteiger partial charge on any atom is -0.381 e.